The van der Waals surface area contributed by atoms with Gasteiger partial charge in [-0.3, -0.25) is 4.98 Å². The lowest BCUT2D eigenvalue weighted by Gasteiger charge is -2.17. The molecule has 5 aromatic carbocycles. The lowest BCUT2D eigenvalue weighted by atomic mass is 9.92. The summed E-state index contributed by atoms with van der Waals surface area (Å²) in [6.45, 7) is 0. The molecule has 6 rings (SSSR count). The zero-order valence-corrected chi connectivity index (χ0v) is 24.1. The van der Waals surface area contributed by atoms with Gasteiger partial charge in [0, 0.05) is 11.6 Å². The first-order valence-corrected chi connectivity index (χ1v) is 15.5. The van der Waals surface area contributed by atoms with Crippen LogP contribution in [-0.2, 0) is 28.2 Å². The van der Waals surface area contributed by atoms with Crippen LogP contribution < -0.4 is 4.74 Å². The molecule has 44 heavy (non-hydrogen) atoms. The average molecular weight is 610 g/mol. The van der Waals surface area contributed by atoms with Gasteiger partial charge in [-0.1, -0.05) is 91.0 Å². The monoisotopic (exact) mass is 609 g/mol. The Morgan fingerprint density at radius 1 is 0.682 bits per heavy atom. The predicted molar refractivity (Wildman–Crippen MR) is 165 cm³/mol. The molecule has 0 amide bonds. The van der Waals surface area contributed by atoms with Crippen molar-refractivity contribution in [1.29, 1.82) is 0 Å². The quantitative estimate of drug-likeness (QED) is 0.173. The van der Waals surface area contributed by atoms with Crippen molar-refractivity contribution in [2.24, 2.45) is 0 Å². The summed E-state index contributed by atoms with van der Waals surface area (Å²) in [5, 5.41) is 0.374. The topological polar surface area (TPSA) is 56.3 Å². The van der Waals surface area contributed by atoms with Crippen molar-refractivity contribution < 1.29 is 26.3 Å². The third-order valence-electron chi connectivity index (χ3n) is 7.24. The summed E-state index contributed by atoms with van der Waals surface area (Å²) in [6, 6.07) is 36.0. The fourth-order valence-electron chi connectivity index (χ4n) is 5.24. The summed E-state index contributed by atoms with van der Waals surface area (Å²) in [7, 11) is -3.63. The van der Waals surface area contributed by atoms with E-state index in [2.05, 4.69) is 4.98 Å². The summed E-state index contributed by atoms with van der Waals surface area (Å²) in [5.74, 6) is 0.578. The fourth-order valence-corrected chi connectivity index (χ4v) is 6.62. The molecule has 0 radical (unpaired) electrons. The minimum atomic E-state index is -4.57. The van der Waals surface area contributed by atoms with E-state index in [4.69, 9.17) is 4.74 Å². The number of hydrogen-bond donors (Lipinski definition) is 0. The van der Waals surface area contributed by atoms with Crippen LogP contribution in [-0.4, -0.2) is 13.4 Å². The van der Waals surface area contributed by atoms with Crippen LogP contribution in [0.5, 0.6) is 11.5 Å². The molecule has 4 nitrogen and oxygen atoms in total. The number of alkyl halides is 3. The number of hydrogen-bond acceptors (Lipinski definition) is 4. The number of rotatable bonds is 8. The van der Waals surface area contributed by atoms with E-state index in [1.165, 1.54) is 24.4 Å². The van der Waals surface area contributed by atoms with E-state index in [9.17, 15) is 21.6 Å². The van der Waals surface area contributed by atoms with Crippen molar-refractivity contribution in [2.75, 3.05) is 0 Å². The molecule has 0 N–H and O–H groups in total. The van der Waals surface area contributed by atoms with Crippen LogP contribution >= 0.6 is 0 Å². The van der Waals surface area contributed by atoms with E-state index in [-0.39, 0.29) is 16.2 Å². The maximum atomic E-state index is 13.9. The smallest absolute Gasteiger partial charge is 0.418 e. The van der Waals surface area contributed by atoms with Gasteiger partial charge in [0.1, 0.15) is 11.5 Å². The van der Waals surface area contributed by atoms with Crippen molar-refractivity contribution in [1.82, 2.24) is 4.98 Å². The van der Waals surface area contributed by atoms with Gasteiger partial charge >= 0.3 is 6.18 Å². The Morgan fingerprint density at radius 2 is 1.32 bits per heavy atom. The lowest BCUT2D eigenvalue weighted by molar-refractivity contribution is -0.136. The molecular formula is C36H26F3NO3S. The first kappa shape index (κ1) is 29.1. The SMILES string of the molecule is O=S(=O)(Cc1ccccc1)c1cccc(Oc2cccc(-c3c(Cc4ccccc4)cnc4c(C(F)(F)F)cccc34)c2)c1. The first-order chi connectivity index (χ1) is 21.2. The second-order valence-electron chi connectivity index (χ2n) is 10.4. The Balaban J connectivity index is 1.39. The number of benzene rings is 5. The molecule has 1 aromatic heterocycles. The Kier molecular flexibility index (Phi) is 7.93. The Hall–Kier alpha value is -4.95. The highest BCUT2D eigenvalue weighted by atomic mass is 32.2. The van der Waals surface area contributed by atoms with E-state index >= 15 is 0 Å². The highest BCUT2D eigenvalue weighted by Gasteiger charge is 2.33. The normalized spacial score (nSPS) is 11.9. The van der Waals surface area contributed by atoms with Crippen LogP contribution in [0.15, 0.2) is 138 Å². The van der Waals surface area contributed by atoms with Gasteiger partial charge in [-0.15, -0.1) is 0 Å². The van der Waals surface area contributed by atoms with Gasteiger partial charge in [0.15, 0.2) is 9.84 Å². The number of halogens is 3. The van der Waals surface area contributed by atoms with Crippen LogP contribution in [0.4, 0.5) is 13.2 Å². The minimum absolute atomic E-state index is 0.125. The second kappa shape index (κ2) is 12.0. The molecule has 220 valence electrons. The fraction of sp³-hybridized carbons (Fsp3) is 0.0833. The molecule has 0 aliphatic rings. The third-order valence-corrected chi connectivity index (χ3v) is 8.93. The summed E-state index contributed by atoms with van der Waals surface area (Å²) in [5.41, 5.74) is 2.76. The molecule has 0 unspecified atom stereocenters. The van der Waals surface area contributed by atoms with Gasteiger partial charge in [0.05, 0.1) is 21.7 Å². The second-order valence-corrected chi connectivity index (χ2v) is 12.4. The van der Waals surface area contributed by atoms with Crippen molar-refractivity contribution in [3.63, 3.8) is 0 Å². The number of sulfone groups is 1. The van der Waals surface area contributed by atoms with Crippen LogP contribution in [0.2, 0.25) is 0 Å². The number of fused-ring (bicyclic) bond motifs is 1. The Morgan fingerprint density at radius 3 is 2.02 bits per heavy atom. The van der Waals surface area contributed by atoms with Gasteiger partial charge in [-0.25, -0.2) is 8.42 Å². The van der Waals surface area contributed by atoms with E-state index in [0.717, 1.165) is 17.2 Å². The molecule has 0 saturated carbocycles. The largest absolute Gasteiger partial charge is 0.457 e. The molecule has 6 aromatic rings. The van der Waals surface area contributed by atoms with E-state index < -0.39 is 21.6 Å². The zero-order chi connectivity index (χ0) is 30.7. The van der Waals surface area contributed by atoms with E-state index in [1.807, 2.05) is 42.5 Å². The summed E-state index contributed by atoms with van der Waals surface area (Å²) >= 11 is 0. The number of ether oxygens (including phenoxy) is 1. The van der Waals surface area contributed by atoms with Gasteiger partial charge in [0.2, 0.25) is 0 Å². The van der Waals surface area contributed by atoms with Crippen LogP contribution in [0.25, 0.3) is 22.0 Å². The molecule has 0 atom stereocenters. The van der Waals surface area contributed by atoms with E-state index in [1.54, 1.807) is 60.7 Å². The van der Waals surface area contributed by atoms with Gasteiger partial charge in [-0.2, -0.15) is 13.2 Å². The summed E-state index contributed by atoms with van der Waals surface area (Å²) < 4.78 is 74.2. The standard InChI is InChI=1S/C36H26F3NO3S/c37-36(38,39)33-19-9-18-32-34(28(23-40-35(32)33)20-25-10-3-1-4-11-25)27-14-7-15-29(21-27)43-30-16-8-17-31(22-30)44(41,42)24-26-12-5-2-6-13-26/h1-19,21-23H,20,24H2. The van der Waals surface area contributed by atoms with Crippen molar-refractivity contribution in [3.05, 3.63) is 156 Å². The Labute approximate surface area is 253 Å². The highest BCUT2D eigenvalue weighted by Crippen LogP contribution is 2.40. The molecule has 0 fully saturated rings. The molecule has 0 aliphatic heterocycles. The Bertz CT molecular complexity index is 2050. The molecule has 0 bridgehead atoms. The van der Waals surface area contributed by atoms with Crippen molar-refractivity contribution in [2.45, 2.75) is 23.2 Å². The van der Waals surface area contributed by atoms with Crippen molar-refractivity contribution in [3.8, 4) is 22.6 Å². The summed E-state index contributed by atoms with van der Waals surface area (Å²) in [6.07, 6.45) is -2.60. The van der Waals surface area contributed by atoms with E-state index in [0.29, 0.717) is 40.0 Å². The maximum Gasteiger partial charge on any atom is 0.418 e. The predicted octanol–water partition coefficient (Wildman–Crippen LogP) is 9.28. The first-order valence-electron chi connectivity index (χ1n) is 13.8. The maximum absolute atomic E-state index is 13.9. The molecule has 0 aliphatic carbocycles. The molecule has 0 saturated heterocycles. The summed E-state index contributed by atoms with van der Waals surface area (Å²) in [4.78, 5) is 4.40. The van der Waals surface area contributed by atoms with Crippen LogP contribution in [0.3, 0.4) is 0 Å². The number of pyridine rings is 1. The van der Waals surface area contributed by atoms with Crippen molar-refractivity contribution >= 4 is 20.7 Å². The molecule has 0 spiro atoms. The minimum Gasteiger partial charge on any atom is -0.457 e. The highest BCUT2D eigenvalue weighted by molar-refractivity contribution is 7.90. The number of para-hydroxylation sites is 1. The lowest BCUT2D eigenvalue weighted by Crippen LogP contribution is -2.07. The third kappa shape index (κ3) is 6.35. The number of aromatic nitrogens is 1. The van der Waals surface area contributed by atoms with Crippen LogP contribution in [0.1, 0.15) is 22.3 Å². The van der Waals surface area contributed by atoms with Gasteiger partial charge in [-0.05, 0) is 70.6 Å². The molecule has 1 heterocycles. The molecular weight excluding hydrogens is 583 g/mol. The number of nitrogens with zero attached hydrogens (tertiary/aromatic N) is 1. The zero-order valence-electron chi connectivity index (χ0n) is 23.3. The van der Waals surface area contributed by atoms with Crippen LogP contribution in [0, 0.1) is 0 Å². The van der Waals surface area contributed by atoms with Gasteiger partial charge < -0.3 is 4.74 Å². The molecule has 8 heteroatoms. The average Bonchev–Trinajstić information content (AvgIpc) is 3.01. The van der Waals surface area contributed by atoms with Gasteiger partial charge in [0.25, 0.3) is 0 Å².